The lowest BCUT2D eigenvalue weighted by atomic mass is 9.78. The van der Waals surface area contributed by atoms with Gasteiger partial charge in [0, 0.05) is 27.8 Å². The van der Waals surface area contributed by atoms with Crippen LogP contribution in [-0.4, -0.2) is 44.5 Å². The van der Waals surface area contributed by atoms with Crippen molar-refractivity contribution in [2.75, 3.05) is 16.3 Å². The van der Waals surface area contributed by atoms with E-state index >= 15 is 0 Å². The average Bonchev–Trinajstić information content (AvgIpc) is 3.29. The molecule has 4 rings (SSSR count). The fourth-order valence-electron chi connectivity index (χ4n) is 4.07. The van der Waals surface area contributed by atoms with Crippen LogP contribution in [0.4, 0.5) is 42.2 Å². The van der Waals surface area contributed by atoms with Gasteiger partial charge in [-0.2, -0.15) is 17.6 Å². The Hall–Kier alpha value is -3.64. The van der Waals surface area contributed by atoms with Gasteiger partial charge in [-0.25, -0.2) is 13.4 Å². The molecule has 0 fully saturated rings. The fourth-order valence-corrected chi connectivity index (χ4v) is 5.96. The maximum Gasteiger partial charge on any atom is 0.573 e. The zero-order valence-electron chi connectivity index (χ0n) is 23.1. The van der Waals surface area contributed by atoms with Crippen molar-refractivity contribution < 1.29 is 53.4 Å². The molecule has 0 atom stereocenters. The fraction of sp³-hybridized carbons (Fsp3) is 0.259. The summed E-state index contributed by atoms with van der Waals surface area (Å²) in [5.74, 6) is -2.47. The van der Waals surface area contributed by atoms with E-state index in [4.69, 9.17) is 0 Å². The molecule has 0 saturated heterocycles. The van der Waals surface area contributed by atoms with E-state index in [9.17, 15) is 43.9 Å². The Morgan fingerprint density at radius 1 is 0.933 bits per heavy atom. The zero-order valence-corrected chi connectivity index (χ0v) is 26.3. The van der Waals surface area contributed by atoms with Crippen LogP contribution in [0.3, 0.4) is 0 Å². The zero-order chi connectivity index (χ0) is 33.5. The number of thiophene rings is 1. The number of amides is 1. The topological polar surface area (TPSA) is 107 Å². The van der Waals surface area contributed by atoms with Crippen LogP contribution in [0.2, 0.25) is 0 Å². The Bertz CT molecular complexity index is 1870. The molecule has 18 heteroatoms. The van der Waals surface area contributed by atoms with Gasteiger partial charge in [0.05, 0.1) is 15.8 Å². The Balaban J connectivity index is 1.67. The third-order valence-corrected chi connectivity index (χ3v) is 8.26. The first kappa shape index (κ1) is 34.2. The molecule has 4 aromatic rings. The second-order valence-corrected chi connectivity index (χ2v) is 13.9. The third kappa shape index (κ3) is 8.76. The molecular formula is C27H21BrF7N3O5S2. The summed E-state index contributed by atoms with van der Waals surface area (Å²) in [6.45, 7) is 3.03. The van der Waals surface area contributed by atoms with Crippen molar-refractivity contribution in [1.29, 1.82) is 0 Å². The number of nitrogens with one attached hydrogen (secondary N) is 2. The molecule has 0 spiro atoms. The summed E-state index contributed by atoms with van der Waals surface area (Å²) in [6.07, 6.45) is -12.1. The first-order chi connectivity index (χ1) is 20.6. The van der Waals surface area contributed by atoms with Crippen molar-refractivity contribution in [2.24, 2.45) is 0 Å². The van der Waals surface area contributed by atoms with Crippen LogP contribution in [0.15, 0.2) is 59.2 Å². The van der Waals surface area contributed by atoms with Crippen molar-refractivity contribution in [3.8, 4) is 11.5 Å². The van der Waals surface area contributed by atoms with Crippen LogP contribution >= 0.6 is 27.3 Å². The second kappa shape index (κ2) is 12.3. The van der Waals surface area contributed by atoms with Gasteiger partial charge >= 0.3 is 18.9 Å². The molecule has 0 bridgehead atoms. The number of rotatable bonds is 10. The number of nitrogens with zero attached hydrogens (tertiary/aromatic N) is 1. The number of benzene rings is 2. The Morgan fingerprint density at radius 2 is 1.56 bits per heavy atom. The van der Waals surface area contributed by atoms with Gasteiger partial charge in [-0.3, -0.25) is 9.52 Å². The maximum absolute atomic E-state index is 13.7. The van der Waals surface area contributed by atoms with E-state index in [1.165, 1.54) is 44.3 Å². The summed E-state index contributed by atoms with van der Waals surface area (Å²) in [5, 5.41) is 3.24. The van der Waals surface area contributed by atoms with Crippen molar-refractivity contribution in [3.05, 3.63) is 75.2 Å². The summed E-state index contributed by atoms with van der Waals surface area (Å²) in [7, 11) is -3.58. The highest BCUT2D eigenvalue weighted by Gasteiger charge is 2.44. The maximum atomic E-state index is 13.7. The highest BCUT2D eigenvalue weighted by Crippen LogP contribution is 2.41. The molecule has 2 aromatic heterocycles. The van der Waals surface area contributed by atoms with Gasteiger partial charge in [0.1, 0.15) is 17.3 Å². The first-order valence-electron chi connectivity index (χ1n) is 12.4. The minimum Gasteiger partial charge on any atom is -0.428 e. The molecule has 0 aliphatic carbocycles. The van der Waals surface area contributed by atoms with Gasteiger partial charge in [-0.05, 0) is 59.0 Å². The molecule has 2 aromatic carbocycles. The Morgan fingerprint density at radius 3 is 2.16 bits per heavy atom. The number of hydrogen-bond donors (Lipinski definition) is 2. The largest absolute Gasteiger partial charge is 0.573 e. The number of anilines is 2. The first-order valence-corrected chi connectivity index (χ1v) is 15.9. The third-order valence-electron chi connectivity index (χ3n) is 6.14. The van der Waals surface area contributed by atoms with E-state index in [0.717, 1.165) is 29.7 Å². The standard InChI is InChI=1S/C27H21BrF7N3O5S2/c1-25(2,15-8-18(42-26(31,32)24(29)30)11-19(9-15)43-27(33,34)35)14-6-16(28)10-17(7-14)37-23(39)20-4-13-5-22(38-45(3,40)41)36-12-21(13)44-20/h4-12,24H,1-3H3,(H,36,38)(H,37,39). The number of alkyl halides is 7. The molecule has 45 heavy (non-hydrogen) atoms. The van der Waals surface area contributed by atoms with E-state index in [0.29, 0.717) is 26.2 Å². The molecule has 8 nitrogen and oxygen atoms in total. The number of ether oxygens (including phenoxy) is 2. The number of fused-ring (bicyclic) bond motifs is 1. The van der Waals surface area contributed by atoms with Crippen LogP contribution in [0, 0.1) is 0 Å². The number of carbonyl (C=O) groups is 1. The Labute approximate surface area is 263 Å². The molecule has 0 aliphatic rings. The van der Waals surface area contributed by atoms with Crippen LogP contribution in [0.5, 0.6) is 11.5 Å². The van der Waals surface area contributed by atoms with Crippen LogP contribution in [0.25, 0.3) is 10.1 Å². The van der Waals surface area contributed by atoms with E-state index in [-0.39, 0.29) is 21.9 Å². The molecule has 0 radical (unpaired) electrons. The van der Waals surface area contributed by atoms with Gasteiger partial charge in [-0.1, -0.05) is 29.8 Å². The number of sulfonamides is 1. The lowest BCUT2D eigenvalue weighted by molar-refractivity contribution is -0.274. The molecule has 0 saturated carbocycles. The van der Waals surface area contributed by atoms with E-state index < -0.39 is 51.7 Å². The van der Waals surface area contributed by atoms with Crippen molar-refractivity contribution >= 4 is 64.8 Å². The smallest absolute Gasteiger partial charge is 0.428 e. The summed E-state index contributed by atoms with van der Waals surface area (Å²) in [4.78, 5) is 17.4. The lowest BCUT2D eigenvalue weighted by Crippen LogP contribution is -2.33. The predicted molar refractivity (Wildman–Crippen MR) is 157 cm³/mol. The van der Waals surface area contributed by atoms with Gasteiger partial charge < -0.3 is 14.8 Å². The van der Waals surface area contributed by atoms with Gasteiger partial charge in [-0.15, -0.1) is 24.5 Å². The van der Waals surface area contributed by atoms with Gasteiger partial charge in [0.25, 0.3) is 5.91 Å². The Kier molecular flexibility index (Phi) is 9.34. The molecule has 1 amide bonds. The summed E-state index contributed by atoms with van der Waals surface area (Å²) < 4.78 is 126. The lowest BCUT2D eigenvalue weighted by Gasteiger charge is -2.28. The van der Waals surface area contributed by atoms with E-state index in [1.807, 2.05) is 0 Å². The second-order valence-electron chi connectivity index (χ2n) is 10.1. The van der Waals surface area contributed by atoms with Gasteiger partial charge in [0.2, 0.25) is 10.0 Å². The molecule has 2 N–H and O–H groups in total. The van der Waals surface area contributed by atoms with Gasteiger partial charge in [0.15, 0.2) is 0 Å². The molecule has 2 heterocycles. The molecule has 242 valence electrons. The number of halogens is 8. The summed E-state index contributed by atoms with van der Waals surface area (Å²) in [5.41, 5.74) is -0.773. The van der Waals surface area contributed by atoms with Crippen LogP contribution in [0.1, 0.15) is 34.6 Å². The molecular weight excluding hydrogens is 723 g/mol. The number of aromatic nitrogens is 1. The SMILES string of the molecule is CC(C)(c1cc(Br)cc(NC(=O)c2cc3cc(NS(C)(=O)=O)ncc3s2)c1)c1cc(OC(F)(F)F)cc(OC(F)(F)C(F)F)c1. The normalized spacial score (nSPS) is 12.8. The van der Waals surface area contributed by atoms with Crippen molar-refractivity contribution in [2.45, 2.75) is 38.2 Å². The van der Waals surface area contributed by atoms with Crippen LogP contribution < -0.4 is 19.5 Å². The predicted octanol–water partition coefficient (Wildman–Crippen LogP) is 8.14. The monoisotopic (exact) mass is 743 g/mol. The number of pyridine rings is 1. The van der Waals surface area contributed by atoms with Crippen molar-refractivity contribution in [1.82, 2.24) is 4.98 Å². The highest BCUT2D eigenvalue weighted by molar-refractivity contribution is 9.10. The quantitative estimate of drug-likeness (QED) is 0.159. The minimum absolute atomic E-state index is 0.0600. The molecule has 0 unspecified atom stereocenters. The van der Waals surface area contributed by atoms with Crippen molar-refractivity contribution in [3.63, 3.8) is 0 Å². The minimum atomic E-state index is -5.23. The molecule has 0 aliphatic heterocycles. The number of carbonyl (C=O) groups excluding carboxylic acids is 1. The van der Waals surface area contributed by atoms with E-state index in [1.54, 1.807) is 6.07 Å². The summed E-state index contributed by atoms with van der Waals surface area (Å²) in [6, 6.07) is 9.75. The number of hydrogen-bond acceptors (Lipinski definition) is 7. The van der Waals surface area contributed by atoms with E-state index in [2.05, 4.69) is 40.4 Å². The van der Waals surface area contributed by atoms with Crippen LogP contribution in [-0.2, 0) is 15.4 Å². The highest BCUT2D eigenvalue weighted by atomic mass is 79.9. The summed E-state index contributed by atoms with van der Waals surface area (Å²) >= 11 is 4.39. The average molecular weight is 745 g/mol.